The van der Waals surface area contributed by atoms with Gasteiger partial charge in [0.25, 0.3) is 0 Å². The summed E-state index contributed by atoms with van der Waals surface area (Å²) in [7, 11) is 0. The van der Waals surface area contributed by atoms with Crippen molar-refractivity contribution in [3.05, 3.63) is 65.8 Å². The quantitative estimate of drug-likeness (QED) is 0.568. The summed E-state index contributed by atoms with van der Waals surface area (Å²) >= 11 is 1.64. The molecule has 3 heterocycles. The van der Waals surface area contributed by atoms with Gasteiger partial charge in [-0.05, 0) is 23.8 Å². The molecule has 1 N–H and O–H groups in total. The number of pyridine rings is 1. The number of rotatable bonds is 6. The largest absolute Gasteiger partial charge is 0.352 e. The zero-order chi connectivity index (χ0) is 17.8. The van der Waals surface area contributed by atoms with E-state index in [1.165, 1.54) is 6.33 Å². The average molecular weight is 364 g/mol. The van der Waals surface area contributed by atoms with Crippen molar-refractivity contribution in [2.75, 3.05) is 0 Å². The summed E-state index contributed by atoms with van der Waals surface area (Å²) < 4.78 is 2.74. The summed E-state index contributed by atoms with van der Waals surface area (Å²) in [5.74, 6) is 0.693. The van der Waals surface area contributed by atoms with Crippen LogP contribution in [0.15, 0.2) is 55.2 Å². The molecular weight excluding hydrogens is 348 g/mol. The Hall–Kier alpha value is -3.13. The molecule has 0 aliphatic heterocycles. The lowest BCUT2D eigenvalue weighted by Crippen LogP contribution is -2.23. The van der Waals surface area contributed by atoms with Gasteiger partial charge in [0.05, 0.1) is 15.2 Å². The SMILES string of the molecule is O=C(CCc1nc2ccccc2s1)NCc1ccc(-n2cncn2)nc1. The first-order valence-electron chi connectivity index (χ1n) is 8.19. The van der Waals surface area contributed by atoms with Crippen molar-refractivity contribution in [3.63, 3.8) is 0 Å². The van der Waals surface area contributed by atoms with Gasteiger partial charge >= 0.3 is 0 Å². The molecule has 0 spiro atoms. The monoisotopic (exact) mass is 364 g/mol. The maximum atomic E-state index is 12.1. The number of benzene rings is 1. The first-order valence-corrected chi connectivity index (χ1v) is 9.01. The van der Waals surface area contributed by atoms with Crippen LogP contribution in [0.2, 0.25) is 0 Å². The Morgan fingerprint density at radius 2 is 2.12 bits per heavy atom. The lowest BCUT2D eigenvalue weighted by Gasteiger charge is -2.05. The number of hydrogen-bond donors (Lipinski definition) is 1. The smallest absolute Gasteiger partial charge is 0.220 e. The van der Waals surface area contributed by atoms with Crippen molar-refractivity contribution >= 4 is 27.5 Å². The molecule has 0 aliphatic carbocycles. The first-order chi connectivity index (χ1) is 12.8. The van der Waals surface area contributed by atoms with Gasteiger partial charge < -0.3 is 5.32 Å². The lowest BCUT2D eigenvalue weighted by atomic mass is 10.2. The van der Waals surface area contributed by atoms with E-state index in [1.807, 2.05) is 36.4 Å². The van der Waals surface area contributed by atoms with Crippen molar-refractivity contribution in [3.8, 4) is 5.82 Å². The molecule has 1 amide bonds. The average Bonchev–Trinajstić information content (AvgIpc) is 3.34. The number of aromatic nitrogens is 5. The van der Waals surface area contributed by atoms with Crippen LogP contribution >= 0.6 is 11.3 Å². The van der Waals surface area contributed by atoms with Crippen LogP contribution in [0.1, 0.15) is 17.0 Å². The van der Waals surface area contributed by atoms with Gasteiger partial charge in [0.15, 0.2) is 5.82 Å². The molecule has 4 rings (SSSR count). The highest BCUT2D eigenvalue weighted by Crippen LogP contribution is 2.22. The topological polar surface area (TPSA) is 85.6 Å². The highest BCUT2D eigenvalue weighted by molar-refractivity contribution is 7.18. The predicted octanol–water partition coefficient (Wildman–Crippen LogP) is 2.52. The third-order valence-electron chi connectivity index (χ3n) is 3.86. The lowest BCUT2D eigenvalue weighted by molar-refractivity contribution is -0.121. The molecule has 0 bridgehead atoms. The molecule has 0 saturated heterocycles. The number of aryl methyl sites for hydroxylation is 1. The molecule has 0 fully saturated rings. The standard InChI is InChI=1S/C18H16N6OS/c25-17(7-8-18-23-14-3-1-2-4-15(14)26-18)21-10-13-5-6-16(20-9-13)24-12-19-11-22-24/h1-6,9,11-12H,7-8,10H2,(H,21,25). The van der Waals surface area contributed by atoms with E-state index >= 15 is 0 Å². The minimum absolute atomic E-state index is 0.00427. The van der Waals surface area contributed by atoms with E-state index in [2.05, 4.69) is 25.4 Å². The third kappa shape index (κ3) is 3.75. The molecule has 0 unspecified atom stereocenters. The van der Waals surface area contributed by atoms with Crippen LogP contribution in [0.4, 0.5) is 0 Å². The molecule has 7 nitrogen and oxygen atoms in total. The first kappa shape index (κ1) is 16.3. The Balaban J connectivity index is 1.28. The maximum Gasteiger partial charge on any atom is 0.220 e. The van der Waals surface area contributed by atoms with E-state index in [9.17, 15) is 4.79 Å². The Morgan fingerprint density at radius 3 is 2.88 bits per heavy atom. The van der Waals surface area contributed by atoms with E-state index in [4.69, 9.17) is 0 Å². The van der Waals surface area contributed by atoms with Gasteiger partial charge in [0, 0.05) is 25.6 Å². The summed E-state index contributed by atoms with van der Waals surface area (Å²) in [5.41, 5.74) is 1.92. The molecule has 26 heavy (non-hydrogen) atoms. The fourth-order valence-electron chi connectivity index (χ4n) is 2.52. The van der Waals surface area contributed by atoms with Crippen LogP contribution in [0.3, 0.4) is 0 Å². The van der Waals surface area contributed by atoms with Gasteiger partial charge in [0.2, 0.25) is 5.91 Å². The van der Waals surface area contributed by atoms with Gasteiger partial charge in [0.1, 0.15) is 12.7 Å². The van der Waals surface area contributed by atoms with Gasteiger partial charge in [-0.1, -0.05) is 18.2 Å². The van der Waals surface area contributed by atoms with E-state index in [1.54, 1.807) is 28.5 Å². The van der Waals surface area contributed by atoms with Crippen molar-refractivity contribution < 1.29 is 4.79 Å². The maximum absolute atomic E-state index is 12.1. The van der Waals surface area contributed by atoms with E-state index in [0.717, 1.165) is 20.8 Å². The number of amides is 1. The molecule has 1 aromatic carbocycles. The second-order valence-electron chi connectivity index (χ2n) is 5.72. The summed E-state index contributed by atoms with van der Waals surface area (Å²) in [5, 5.41) is 7.93. The van der Waals surface area contributed by atoms with Crippen LogP contribution in [0.25, 0.3) is 16.0 Å². The minimum Gasteiger partial charge on any atom is -0.352 e. The van der Waals surface area contributed by atoms with Gasteiger partial charge in [-0.25, -0.2) is 19.6 Å². The van der Waals surface area contributed by atoms with Gasteiger partial charge in [-0.15, -0.1) is 11.3 Å². The Morgan fingerprint density at radius 1 is 1.19 bits per heavy atom. The zero-order valence-corrected chi connectivity index (χ0v) is 14.7. The van der Waals surface area contributed by atoms with Crippen molar-refractivity contribution in [1.82, 2.24) is 30.0 Å². The van der Waals surface area contributed by atoms with Crippen LogP contribution in [0.5, 0.6) is 0 Å². The number of para-hydroxylation sites is 1. The highest BCUT2D eigenvalue weighted by atomic mass is 32.1. The molecule has 8 heteroatoms. The van der Waals surface area contributed by atoms with Crippen LogP contribution in [-0.4, -0.2) is 30.6 Å². The van der Waals surface area contributed by atoms with E-state index < -0.39 is 0 Å². The molecular formula is C18H16N6OS. The molecule has 3 aromatic heterocycles. The van der Waals surface area contributed by atoms with Crippen molar-refractivity contribution in [2.45, 2.75) is 19.4 Å². The van der Waals surface area contributed by atoms with E-state index in [0.29, 0.717) is 25.2 Å². The number of thiazole rings is 1. The minimum atomic E-state index is 0.00427. The molecule has 4 aromatic rings. The normalized spacial score (nSPS) is 10.9. The van der Waals surface area contributed by atoms with Crippen molar-refractivity contribution in [1.29, 1.82) is 0 Å². The molecule has 0 saturated carbocycles. The summed E-state index contributed by atoms with van der Waals surface area (Å²) in [4.78, 5) is 24.8. The van der Waals surface area contributed by atoms with Crippen LogP contribution < -0.4 is 5.32 Å². The summed E-state index contributed by atoms with van der Waals surface area (Å²) in [6.45, 7) is 0.448. The fourth-order valence-corrected chi connectivity index (χ4v) is 3.49. The van der Waals surface area contributed by atoms with Gasteiger partial charge in [-0.2, -0.15) is 5.10 Å². The van der Waals surface area contributed by atoms with E-state index in [-0.39, 0.29) is 5.91 Å². The second kappa shape index (κ2) is 7.40. The number of nitrogens with one attached hydrogen (secondary N) is 1. The Bertz CT molecular complexity index is 977. The van der Waals surface area contributed by atoms with Crippen molar-refractivity contribution in [2.24, 2.45) is 0 Å². The number of nitrogens with zero attached hydrogens (tertiary/aromatic N) is 5. The van der Waals surface area contributed by atoms with Gasteiger partial charge in [-0.3, -0.25) is 4.79 Å². The molecule has 130 valence electrons. The Kier molecular flexibility index (Phi) is 4.65. The number of fused-ring (bicyclic) bond motifs is 1. The fraction of sp³-hybridized carbons (Fsp3) is 0.167. The molecule has 0 radical (unpaired) electrons. The number of carbonyl (C=O) groups is 1. The van der Waals surface area contributed by atoms with Crippen LogP contribution in [0, 0.1) is 0 Å². The Labute approximate surface area is 153 Å². The third-order valence-corrected chi connectivity index (χ3v) is 4.95. The van der Waals surface area contributed by atoms with Crippen LogP contribution in [-0.2, 0) is 17.8 Å². The summed E-state index contributed by atoms with van der Waals surface area (Å²) in [6.07, 6.45) is 5.84. The number of carbonyl (C=O) groups excluding carboxylic acids is 1. The highest BCUT2D eigenvalue weighted by Gasteiger charge is 2.07. The molecule has 0 atom stereocenters. The number of hydrogen-bond acceptors (Lipinski definition) is 6. The summed E-state index contributed by atoms with van der Waals surface area (Å²) in [6, 6.07) is 11.8. The predicted molar refractivity (Wildman–Crippen MR) is 98.9 cm³/mol. The molecule has 0 aliphatic rings. The second-order valence-corrected chi connectivity index (χ2v) is 6.83. The zero-order valence-electron chi connectivity index (χ0n) is 13.9.